The molecule has 2 aromatic rings. The maximum Gasteiger partial charge on any atom is 0.420 e. The van der Waals surface area contributed by atoms with Crippen LogP contribution in [0.15, 0.2) is 21.3 Å². The largest absolute Gasteiger partial charge is 0.420 e. The van der Waals surface area contributed by atoms with Gasteiger partial charge in [-0.25, -0.2) is 9.18 Å². The summed E-state index contributed by atoms with van der Waals surface area (Å²) in [6.07, 6.45) is 3.75. The number of aryl methyl sites for hydroxylation is 1. The Balaban J connectivity index is 1.81. The van der Waals surface area contributed by atoms with Crippen LogP contribution in [0, 0.1) is 12.7 Å². The first kappa shape index (κ1) is 19.1. The smallest absolute Gasteiger partial charge is 0.405 e. The average molecular weight is 364 g/mol. The Morgan fingerprint density at radius 1 is 1.35 bits per heavy atom. The number of fused-ring (bicyclic) bond motifs is 1. The SMILES string of the molecule is CCC(C)(CCOC)N1CCC(n2c(=O)oc3c(F)cc(C)cc32)CC1. The molecule has 3 rings (SSSR count). The fourth-order valence-electron chi connectivity index (χ4n) is 4.12. The van der Waals surface area contributed by atoms with E-state index in [0.717, 1.165) is 50.9 Å². The first-order valence-corrected chi connectivity index (χ1v) is 9.45. The van der Waals surface area contributed by atoms with Gasteiger partial charge in [0.2, 0.25) is 0 Å². The summed E-state index contributed by atoms with van der Waals surface area (Å²) >= 11 is 0. The van der Waals surface area contributed by atoms with Crippen molar-refractivity contribution in [2.75, 3.05) is 26.8 Å². The van der Waals surface area contributed by atoms with Crippen LogP contribution in [0.1, 0.15) is 51.1 Å². The highest BCUT2D eigenvalue weighted by atomic mass is 19.1. The Kier molecular flexibility index (Phi) is 5.53. The predicted octanol–water partition coefficient (Wildman–Crippen LogP) is 3.88. The number of hydrogen-bond donors (Lipinski definition) is 0. The van der Waals surface area contributed by atoms with E-state index in [4.69, 9.17) is 9.15 Å². The van der Waals surface area contributed by atoms with Gasteiger partial charge in [0.15, 0.2) is 11.4 Å². The molecule has 0 amide bonds. The average Bonchev–Trinajstić information content (AvgIpc) is 2.96. The summed E-state index contributed by atoms with van der Waals surface area (Å²) in [7, 11) is 1.74. The number of rotatable bonds is 6. The minimum absolute atomic E-state index is 0.0460. The van der Waals surface area contributed by atoms with Gasteiger partial charge in [-0.15, -0.1) is 0 Å². The Bertz CT molecular complexity index is 820. The number of nitrogens with zero attached hydrogens (tertiary/aromatic N) is 2. The topological polar surface area (TPSA) is 47.6 Å². The molecule has 0 radical (unpaired) electrons. The maximum absolute atomic E-state index is 14.1. The monoisotopic (exact) mass is 364 g/mol. The van der Waals surface area contributed by atoms with Gasteiger partial charge in [-0.05, 0) is 57.2 Å². The number of piperidine rings is 1. The van der Waals surface area contributed by atoms with Gasteiger partial charge in [0.05, 0.1) is 5.52 Å². The molecule has 1 unspecified atom stereocenters. The molecule has 1 atom stereocenters. The van der Waals surface area contributed by atoms with Crippen LogP contribution in [0.5, 0.6) is 0 Å². The number of aromatic nitrogens is 1. The third-order valence-corrected chi connectivity index (χ3v) is 6.01. The van der Waals surface area contributed by atoms with Gasteiger partial charge in [0, 0.05) is 38.4 Å². The molecule has 1 saturated heterocycles. The van der Waals surface area contributed by atoms with Crippen LogP contribution in [0.4, 0.5) is 4.39 Å². The quantitative estimate of drug-likeness (QED) is 0.780. The molecule has 1 aromatic heterocycles. The molecule has 5 nitrogen and oxygen atoms in total. The van der Waals surface area contributed by atoms with E-state index in [1.807, 2.05) is 13.0 Å². The second kappa shape index (κ2) is 7.53. The van der Waals surface area contributed by atoms with Crippen molar-refractivity contribution < 1.29 is 13.5 Å². The zero-order valence-electron chi connectivity index (χ0n) is 16.2. The molecule has 1 aliphatic rings. The van der Waals surface area contributed by atoms with E-state index in [2.05, 4.69) is 18.7 Å². The summed E-state index contributed by atoms with van der Waals surface area (Å²) in [5, 5.41) is 0. The van der Waals surface area contributed by atoms with Crippen LogP contribution in [-0.2, 0) is 4.74 Å². The summed E-state index contributed by atoms with van der Waals surface area (Å²) in [5.74, 6) is -0.924. The van der Waals surface area contributed by atoms with Crippen molar-refractivity contribution in [3.8, 4) is 0 Å². The van der Waals surface area contributed by atoms with Gasteiger partial charge in [0.25, 0.3) is 0 Å². The van der Waals surface area contributed by atoms with Crippen molar-refractivity contribution in [2.24, 2.45) is 0 Å². The van der Waals surface area contributed by atoms with E-state index >= 15 is 0 Å². The van der Waals surface area contributed by atoms with Crippen molar-refractivity contribution in [2.45, 2.75) is 58.0 Å². The van der Waals surface area contributed by atoms with Gasteiger partial charge in [-0.1, -0.05) is 6.92 Å². The molecule has 1 aromatic carbocycles. The Hall–Kier alpha value is -1.66. The summed E-state index contributed by atoms with van der Waals surface area (Å²) in [4.78, 5) is 14.9. The minimum Gasteiger partial charge on any atom is -0.405 e. The summed E-state index contributed by atoms with van der Waals surface area (Å²) < 4.78 is 26.3. The number of hydrogen-bond acceptors (Lipinski definition) is 4. The zero-order valence-corrected chi connectivity index (χ0v) is 16.2. The second-order valence-electron chi connectivity index (χ2n) is 7.64. The molecule has 144 valence electrons. The third kappa shape index (κ3) is 3.45. The van der Waals surface area contributed by atoms with Crippen LogP contribution in [0.3, 0.4) is 0 Å². The van der Waals surface area contributed by atoms with E-state index in [0.29, 0.717) is 5.52 Å². The van der Waals surface area contributed by atoms with E-state index in [-0.39, 0.29) is 17.2 Å². The summed E-state index contributed by atoms with van der Waals surface area (Å²) in [6.45, 7) is 8.88. The molecule has 1 aliphatic heterocycles. The fraction of sp³-hybridized carbons (Fsp3) is 0.650. The normalized spacial score (nSPS) is 19.1. The first-order chi connectivity index (χ1) is 12.4. The highest BCUT2D eigenvalue weighted by Crippen LogP contribution is 2.32. The molecular formula is C20H29FN2O3. The highest BCUT2D eigenvalue weighted by Gasteiger charge is 2.34. The molecule has 0 saturated carbocycles. The van der Waals surface area contributed by atoms with Crippen molar-refractivity contribution >= 4 is 11.1 Å². The van der Waals surface area contributed by atoms with Gasteiger partial charge >= 0.3 is 5.76 Å². The molecule has 0 bridgehead atoms. The van der Waals surface area contributed by atoms with E-state index < -0.39 is 11.6 Å². The molecule has 0 N–H and O–H groups in total. The lowest BCUT2D eigenvalue weighted by Gasteiger charge is -2.45. The first-order valence-electron chi connectivity index (χ1n) is 9.45. The lowest BCUT2D eigenvalue weighted by molar-refractivity contribution is 0.0335. The van der Waals surface area contributed by atoms with Crippen LogP contribution < -0.4 is 5.76 Å². The lowest BCUT2D eigenvalue weighted by atomic mass is 9.89. The van der Waals surface area contributed by atoms with E-state index in [1.165, 1.54) is 6.07 Å². The lowest BCUT2D eigenvalue weighted by Crippen LogP contribution is -2.50. The third-order valence-electron chi connectivity index (χ3n) is 6.01. The number of ether oxygens (including phenoxy) is 1. The summed E-state index contributed by atoms with van der Waals surface area (Å²) in [6, 6.07) is 3.29. The van der Waals surface area contributed by atoms with Crippen LogP contribution in [-0.4, -0.2) is 41.8 Å². The van der Waals surface area contributed by atoms with Crippen LogP contribution in [0.25, 0.3) is 11.1 Å². The van der Waals surface area contributed by atoms with E-state index in [1.54, 1.807) is 11.7 Å². The number of halogens is 1. The Morgan fingerprint density at radius 3 is 2.65 bits per heavy atom. The molecule has 2 heterocycles. The molecular weight excluding hydrogens is 335 g/mol. The van der Waals surface area contributed by atoms with Crippen LogP contribution in [0.2, 0.25) is 0 Å². The predicted molar refractivity (Wildman–Crippen MR) is 100 cm³/mol. The Morgan fingerprint density at radius 2 is 2.04 bits per heavy atom. The number of benzene rings is 1. The van der Waals surface area contributed by atoms with Crippen molar-refractivity contribution in [1.82, 2.24) is 9.47 Å². The Labute approximate surface area is 153 Å². The summed E-state index contributed by atoms with van der Waals surface area (Å²) in [5.41, 5.74) is 1.54. The minimum atomic E-state index is -0.466. The molecule has 0 spiro atoms. The van der Waals surface area contributed by atoms with Crippen molar-refractivity contribution in [1.29, 1.82) is 0 Å². The fourth-order valence-corrected chi connectivity index (χ4v) is 4.12. The van der Waals surface area contributed by atoms with Gasteiger partial charge in [-0.2, -0.15) is 0 Å². The number of likely N-dealkylation sites (tertiary alicyclic amines) is 1. The molecule has 26 heavy (non-hydrogen) atoms. The van der Waals surface area contributed by atoms with Crippen LogP contribution >= 0.6 is 0 Å². The molecule has 6 heteroatoms. The van der Waals surface area contributed by atoms with E-state index in [9.17, 15) is 9.18 Å². The van der Waals surface area contributed by atoms with Crippen molar-refractivity contribution in [3.05, 3.63) is 34.1 Å². The second-order valence-corrected chi connectivity index (χ2v) is 7.64. The van der Waals surface area contributed by atoms with Crippen molar-refractivity contribution in [3.63, 3.8) is 0 Å². The standard InChI is InChI=1S/C20H29FN2O3/c1-5-20(3,8-11-25-4)22-9-6-15(7-10-22)23-17-13-14(2)12-16(21)18(17)26-19(23)24/h12-13,15H,5-11H2,1-4H3. The van der Waals surface area contributed by atoms with Gasteiger partial charge < -0.3 is 9.15 Å². The number of oxazole rings is 1. The van der Waals surface area contributed by atoms with Gasteiger partial charge in [-0.3, -0.25) is 9.47 Å². The molecule has 0 aliphatic carbocycles. The molecule has 1 fully saturated rings. The van der Waals surface area contributed by atoms with Gasteiger partial charge in [0.1, 0.15) is 0 Å². The number of methoxy groups -OCH3 is 1. The maximum atomic E-state index is 14.1. The highest BCUT2D eigenvalue weighted by molar-refractivity contribution is 5.74. The zero-order chi connectivity index (χ0) is 18.9.